The van der Waals surface area contributed by atoms with Crippen LogP contribution in [0, 0.1) is 11.3 Å². The molecule has 2 N–H and O–H groups in total. The highest BCUT2D eigenvalue weighted by Crippen LogP contribution is 2.47. The number of allylic oxidation sites excluding steroid dienone is 3. The molecule has 0 fully saturated rings. The van der Waals surface area contributed by atoms with Gasteiger partial charge in [0.2, 0.25) is 0 Å². The third kappa shape index (κ3) is 3.20. The minimum absolute atomic E-state index is 0.0565. The zero-order valence-electron chi connectivity index (χ0n) is 16.5. The predicted molar refractivity (Wildman–Crippen MR) is 110 cm³/mol. The van der Waals surface area contributed by atoms with E-state index in [1.165, 1.54) is 0 Å². The number of hydrazine groups is 1. The molecule has 0 unspecified atom stereocenters. The SMILES string of the molecule is CN(C)N1C(N)=C(C#N)[C@@H](c2cccnc2)C2=C1C[C@H](c1ccccc1)CC2=O. The highest BCUT2D eigenvalue weighted by molar-refractivity contribution is 6.00. The van der Waals surface area contributed by atoms with Gasteiger partial charge in [0.1, 0.15) is 5.82 Å². The van der Waals surface area contributed by atoms with Crippen molar-refractivity contribution in [2.24, 2.45) is 5.73 Å². The van der Waals surface area contributed by atoms with Crippen molar-refractivity contribution in [3.63, 3.8) is 0 Å². The number of benzene rings is 1. The quantitative estimate of drug-likeness (QED) is 0.874. The highest BCUT2D eigenvalue weighted by Gasteiger charge is 2.43. The molecule has 2 aliphatic rings. The molecule has 29 heavy (non-hydrogen) atoms. The van der Waals surface area contributed by atoms with Gasteiger partial charge in [0.25, 0.3) is 0 Å². The first kappa shape index (κ1) is 18.9. The van der Waals surface area contributed by atoms with E-state index in [2.05, 4.69) is 23.2 Å². The van der Waals surface area contributed by atoms with E-state index in [0.29, 0.717) is 29.8 Å². The van der Waals surface area contributed by atoms with Crippen molar-refractivity contribution in [1.82, 2.24) is 15.0 Å². The Kier molecular flexibility index (Phi) is 4.91. The maximum absolute atomic E-state index is 13.4. The van der Waals surface area contributed by atoms with Crippen LogP contribution >= 0.6 is 0 Å². The fourth-order valence-corrected chi connectivity index (χ4v) is 4.41. The summed E-state index contributed by atoms with van der Waals surface area (Å²) in [5.41, 5.74) is 10.3. The van der Waals surface area contributed by atoms with Crippen LogP contribution in [0.15, 0.2) is 77.5 Å². The van der Waals surface area contributed by atoms with Gasteiger partial charge in [-0.3, -0.25) is 14.8 Å². The molecule has 1 aliphatic carbocycles. The fraction of sp³-hybridized carbons (Fsp3) is 0.261. The van der Waals surface area contributed by atoms with Gasteiger partial charge >= 0.3 is 0 Å². The largest absolute Gasteiger partial charge is 0.383 e. The van der Waals surface area contributed by atoms with Crippen molar-refractivity contribution < 1.29 is 4.79 Å². The molecular formula is C23H23N5O. The van der Waals surface area contributed by atoms with Gasteiger partial charge in [-0.05, 0) is 29.5 Å². The average molecular weight is 385 g/mol. The van der Waals surface area contributed by atoms with E-state index >= 15 is 0 Å². The second-order valence-electron chi connectivity index (χ2n) is 7.59. The number of aromatic nitrogens is 1. The molecule has 0 bridgehead atoms. The number of carbonyl (C=O) groups is 1. The number of hydrogen-bond acceptors (Lipinski definition) is 6. The average Bonchev–Trinajstić information content (AvgIpc) is 2.73. The maximum atomic E-state index is 13.4. The normalized spacial score (nSPS) is 22.0. The molecule has 4 rings (SSSR count). The molecule has 2 aromatic rings. The Balaban J connectivity index is 1.89. The molecule has 6 nitrogen and oxygen atoms in total. The van der Waals surface area contributed by atoms with Gasteiger partial charge in [-0.25, -0.2) is 5.01 Å². The van der Waals surface area contributed by atoms with E-state index in [1.807, 2.05) is 54.4 Å². The summed E-state index contributed by atoms with van der Waals surface area (Å²) in [6.45, 7) is 0. The summed E-state index contributed by atoms with van der Waals surface area (Å²) in [6.07, 6.45) is 4.49. The molecule has 2 heterocycles. The number of Topliss-reactive ketones (excluding diaryl/α,β-unsaturated/α-hetero) is 1. The van der Waals surface area contributed by atoms with Crippen molar-refractivity contribution in [2.75, 3.05) is 14.1 Å². The van der Waals surface area contributed by atoms with Crippen molar-refractivity contribution in [2.45, 2.75) is 24.7 Å². The number of pyridine rings is 1. The minimum atomic E-state index is -0.482. The molecule has 0 spiro atoms. The van der Waals surface area contributed by atoms with Gasteiger partial charge in [-0.15, -0.1) is 0 Å². The van der Waals surface area contributed by atoms with Gasteiger partial charge in [-0.1, -0.05) is 36.4 Å². The van der Waals surface area contributed by atoms with E-state index in [4.69, 9.17) is 5.73 Å². The number of ketones is 1. The third-order valence-corrected chi connectivity index (χ3v) is 5.63. The molecule has 0 radical (unpaired) electrons. The maximum Gasteiger partial charge on any atom is 0.162 e. The molecule has 1 aromatic carbocycles. The molecule has 0 amide bonds. The number of nitriles is 1. The van der Waals surface area contributed by atoms with Crippen LogP contribution in [-0.2, 0) is 4.79 Å². The highest BCUT2D eigenvalue weighted by atomic mass is 16.1. The standard InChI is InChI=1S/C23H23N5O/c1-27(2)28-19-11-17(15-7-4-3-5-8-15)12-20(29)22(19)21(18(13-24)23(28)25)16-9-6-10-26-14-16/h3-10,14,17,21H,11-12,25H2,1-2H3/t17-,21+/m0/s1. The van der Waals surface area contributed by atoms with Gasteiger partial charge < -0.3 is 5.73 Å². The molecule has 146 valence electrons. The zero-order chi connectivity index (χ0) is 20.5. The number of nitrogens with zero attached hydrogens (tertiary/aromatic N) is 4. The third-order valence-electron chi connectivity index (χ3n) is 5.63. The molecule has 0 saturated carbocycles. The van der Waals surface area contributed by atoms with Crippen LogP contribution in [0.4, 0.5) is 0 Å². The Bertz CT molecular complexity index is 1030. The van der Waals surface area contributed by atoms with E-state index in [1.54, 1.807) is 12.4 Å². The van der Waals surface area contributed by atoms with E-state index in [9.17, 15) is 10.1 Å². The lowest BCUT2D eigenvalue weighted by Gasteiger charge is -2.43. The van der Waals surface area contributed by atoms with Crippen LogP contribution in [0.5, 0.6) is 0 Å². The summed E-state index contributed by atoms with van der Waals surface area (Å²) in [5.74, 6) is 0.0210. The van der Waals surface area contributed by atoms with Crippen LogP contribution in [0.2, 0.25) is 0 Å². The van der Waals surface area contributed by atoms with Crippen molar-refractivity contribution >= 4 is 5.78 Å². The van der Waals surface area contributed by atoms with Crippen molar-refractivity contribution in [3.8, 4) is 6.07 Å². The summed E-state index contributed by atoms with van der Waals surface area (Å²) < 4.78 is 0. The van der Waals surface area contributed by atoms with Crippen molar-refractivity contribution in [3.05, 3.63) is 88.6 Å². The minimum Gasteiger partial charge on any atom is -0.383 e. The van der Waals surface area contributed by atoms with Gasteiger partial charge in [-0.2, -0.15) is 5.26 Å². The van der Waals surface area contributed by atoms with Crippen LogP contribution in [0.1, 0.15) is 35.8 Å². The van der Waals surface area contributed by atoms with E-state index in [-0.39, 0.29) is 11.7 Å². The molecule has 1 aromatic heterocycles. The van der Waals surface area contributed by atoms with Gasteiger partial charge in [0, 0.05) is 44.2 Å². The topological polar surface area (TPSA) is 86.2 Å². The summed E-state index contributed by atoms with van der Waals surface area (Å²) in [6, 6.07) is 16.1. The lowest BCUT2D eigenvalue weighted by Crippen LogP contribution is -2.46. The smallest absolute Gasteiger partial charge is 0.162 e. The number of nitrogens with two attached hydrogens (primary N) is 1. The first-order valence-electron chi connectivity index (χ1n) is 9.61. The van der Waals surface area contributed by atoms with E-state index in [0.717, 1.165) is 16.8 Å². The predicted octanol–water partition coefficient (Wildman–Crippen LogP) is 3.05. The lowest BCUT2D eigenvalue weighted by molar-refractivity contribution is -0.117. The summed E-state index contributed by atoms with van der Waals surface area (Å²) in [7, 11) is 3.74. The first-order valence-corrected chi connectivity index (χ1v) is 9.61. The second kappa shape index (κ2) is 7.53. The molecule has 2 atom stereocenters. The number of carbonyl (C=O) groups excluding carboxylic acids is 1. The van der Waals surface area contributed by atoms with Gasteiger partial charge in [0.05, 0.1) is 17.6 Å². The molecule has 0 saturated heterocycles. The Morgan fingerprint density at radius 1 is 1.14 bits per heavy atom. The number of hydrogen-bond donors (Lipinski definition) is 1. The Labute approximate surface area is 170 Å². The Hall–Kier alpha value is -3.43. The molecular weight excluding hydrogens is 362 g/mol. The summed E-state index contributed by atoms with van der Waals surface area (Å²) in [4.78, 5) is 17.6. The van der Waals surface area contributed by atoms with Crippen LogP contribution in [0.25, 0.3) is 0 Å². The second-order valence-corrected chi connectivity index (χ2v) is 7.59. The Morgan fingerprint density at radius 3 is 2.48 bits per heavy atom. The molecule has 1 aliphatic heterocycles. The summed E-state index contributed by atoms with van der Waals surface area (Å²) in [5, 5.41) is 13.6. The molecule has 6 heteroatoms. The van der Waals surface area contributed by atoms with Crippen molar-refractivity contribution in [1.29, 1.82) is 5.26 Å². The summed E-state index contributed by atoms with van der Waals surface area (Å²) >= 11 is 0. The van der Waals surface area contributed by atoms with Gasteiger partial charge in [0.15, 0.2) is 5.78 Å². The first-order chi connectivity index (χ1) is 14.0. The van der Waals surface area contributed by atoms with Crippen LogP contribution < -0.4 is 5.73 Å². The monoisotopic (exact) mass is 385 g/mol. The van der Waals surface area contributed by atoms with E-state index < -0.39 is 5.92 Å². The van der Waals surface area contributed by atoms with Crippen LogP contribution in [-0.4, -0.2) is 34.9 Å². The van der Waals surface area contributed by atoms with Crippen LogP contribution in [0.3, 0.4) is 0 Å². The Morgan fingerprint density at radius 2 is 1.86 bits per heavy atom. The lowest BCUT2D eigenvalue weighted by atomic mass is 9.72. The number of rotatable bonds is 3. The zero-order valence-corrected chi connectivity index (χ0v) is 16.5. The fourth-order valence-electron chi connectivity index (χ4n) is 4.41.